The van der Waals surface area contributed by atoms with Crippen LogP contribution in [0, 0.1) is 0 Å². The molecule has 0 saturated heterocycles. The molecule has 0 radical (unpaired) electrons. The molecule has 0 fully saturated rings. The second-order valence-electron chi connectivity index (χ2n) is 8.45. The van der Waals surface area contributed by atoms with Crippen molar-refractivity contribution in [2.24, 2.45) is 0 Å². The third-order valence-electron chi connectivity index (χ3n) is 5.81. The average molecular weight is 525 g/mol. The predicted octanol–water partition coefficient (Wildman–Crippen LogP) is 4.90. The molecule has 0 saturated carbocycles. The minimum atomic E-state index is -0.763. The Morgan fingerprint density at radius 2 is 1.54 bits per heavy atom. The smallest absolute Gasteiger partial charge is 0.261 e. The molecule has 0 heterocycles. The van der Waals surface area contributed by atoms with E-state index in [4.69, 9.17) is 25.8 Å². The van der Waals surface area contributed by atoms with Crippen LogP contribution in [0.5, 0.6) is 17.2 Å². The lowest BCUT2D eigenvalue weighted by molar-refractivity contribution is -0.142. The van der Waals surface area contributed by atoms with E-state index in [0.29, 0.717) is 35.2 Å². The van der Waals surface area contributed by atoms with Gasteiger partial charge >= 0.3 is 0 Å². The van der Waals surface area contributed by atoms with E-state index in [1.54, 1.807) is 24.3 Å². The highest BCUT2D eigenvalue weighted by molar-refractivity contribution is 6.31. The van der Waals surface area contributed by atoms with E-state index in [1.165, 1.54) is 19.1 Å². The first kappa shape index (κ1) is 27.9. The summed E-state index contributed by atoms with van der Waals surface area (Å²) in [7, 11) is 3.08. The number of hydrogen-bond donors (Lipinski definition) is 1. The first-order chi connectivity index (χ1) is 17.9. The molecule has 0 aliphatic rings. The lowest BCUT2D eigenvalue weighted by Crippen LogP contribution is -2.51. The Kier molecular flexibility index (Phi) is 10.6. The number of carbonyl (C=O) groups is 2. The van der Waals surface area contributed by atoms with Crippen LogP contribution in [0.1, 0.15) is 24.5 Å². The summed E-state index contributed by atoms with van der Waals surface area (Å²) in [6, 6.07) is 21.2. The molecule has 196 valence electrons. The highest BCUT2D eigenvalue weighted by Gasteiger charge is 2.31. The van der Waals surface area contributed by atoms with Crippen LogP contribution in [0.4, 0.5) is 0 Å². The number of amides is 2. The summed E-state index contributed by atoms with van der Waals surface area (Å²) in [6.45, 7) is 2.36. The van der Waals surface area contributed by atoms with Crippen molar-refractivity contribution in [1.82, 2.24) is 10.2 Å². The van der Waals surface area contributed by atoms with E-state index in [2.05, 4.69) is 5.32 Å². The normalized spacial score (nSPS) is 11.4. The van der Waals surface area contributed by atoms with Gasteiger partial charge in [0.1, 0.15) is 23.3 Å². The summed E-state index contributed by atoms with van der Waals surface area (Å²) in [5, 5.41) is 3.47. The molecule has 8 heteroatoms. The van der Waals surface area contributed by atoms with Crippen LogP contribution >= 0.6 is 11.6 Å². The maximum atomic E-state index is 13.7. The Morgan fingerprint density at radius 3 is 2.16 bits per heavy atom. The van der Waals surface area contributed by atoms with Crippen LogP contribution in [-0.2, 0) is 22.6 Å². The highest BCUT2D eigenvalue weighted by atomic mass is 35.5. The van der Waals surface area contributed by atoms with Crippen molar-refractivity contribution in [1.29, 1.82) is 0 Å². The molecule has 2 amide bonds. The van der Waals surface area contributed by atoms with Gasteiger partial charge in [0.05, 0.1) is 14.2 Å². The predicted molar refractivity (Wildman–Crippen MR) is 144 cm³/mol. The zero-order valence-electron chi connectivity index (χ0n) is 21.4. The van der Waals surface area contributed by atoms with Crippen molar-refractivity contribution in [3.8, 4) is 17.2 Å². The standard InChI is InChI=1S/C29H33ClN2O5/c1-4-14-31-29(34)27(15-21-10-6-5-7-11-21)32(19-22-12-8-9-13-26(22)30)28(33)20-37-25-17-23(35-2)16-24(18-25)36-3/h5-13,16-18,27H,4,14-15,19-20H2,1-3H3,(H,31,34)/t27-/m1/s1. The number of carbonyl (C=O) groups excluding carboxylic acids is 2. The molecule has 0 aliphatic heterocycles. The van der Waals surface area contributed by atoms with Gasteiger partial charge in [-0.15, -0.1) is 0 Å². The van der Waals surface area contributed by atoms with Crippen LogP contribution in [0.3, 0.4) is 0 Å². The molecular formula is C29H33ClN2O5. The van der Waals surface area contributed by atoms with E-state index >= 15 is 0 Å². The summed E-state index contributed by atoms with van der Waals surface area (Å²) in [5.41, 5.74) is 1.68. The van der Waals surface area contributed by atoms with Gasteiger partial charge in [-0.3, -0.25) is 9.59 Å². The minimum absolute atomic E-state index is 0.153. The van der Waals surface area contributed by atoms with Crippen LogP contribution in [0.2, 0.25) is 5.02 Å². The third-order valence-corrected chi connectivity index (χ3v) is 6.17. The van der Waals surface area contributed by atoms with Gasteiger partial charge in [0.25, 0.3) is 5.91 Å². The number of nitrogens with zero attached hydrogens (tertiary/aromatic N) is 1. The van der Waals surface area contributed by atoms with Crippen molar-refractivity contribution in [2.45, 2.75) is 32.4 Å². The Balaban J connectivity index is 1.91. The first-order valence-corrected chi connectivity index (χ1v) is 12.5. The molecule has 0 unspecified atom stereocenters. The van der Waals surface area contributed by atoms with Gasteiger partial charge in [0, 0.05) is 42.7 Å². The fraction of sp³-hybridized carbons (Fsp3) is 0.310. The number of rotatable bonds is 13. The van der Waals surface area contributed by atoms with Gasteiger partial charge in [-0.25, -0.2) is 0 Å². The number of benzene rings is 3. The first-order valence-electron chi connectivity index (χ1n) is 12.2. The van der Waals surface area contributed by atoms with Gasteiger partial charge in [0.2, 0.25) is 5.91 Å². The Bertz CT molecular complexity index is 1150. The van der Waals surface area contributed by atoms with Crippen LogP contribution in [0.15, 0.2) is 72.8 Å². The summed E-state index contributed by atoms with van der Waals surface area (Å²) in [6.07, 6.45) is 1.13. The van der Waals surface area contributed by atoms with E-state index in [0.717, 1.165) is 17.5 Å². The Hall–Kier alpha value is -3.71. The average Bonchev–Trinajstić information content (AvgIpc) is 2.93. The molecule has 3 aromatic rings. The van der Waals surface area contributed by atoms with Crippen molar-refractivity contribution >= 4 is 23.4 Å². The molecule has 3 rings (SSSR count). The summed E-state index contributed by atoms with van der Waals surface area (Å²) in [5.74, 6) is 0.909. The fourth-order valence-corrected chi connectivity index (χ4v) is 4.02. The van der Waals surface area contributed by atoms with Gasteiger partial charge in [-0.05, 0) is 23.6 Å². The lowest BCUT2D eigenvalue weighted by Gasteiger charge is -2.31. The van der Waals surface area contributed by atoms with E-state index in [1.807, 2.05) is 55.5 Å². The van der Waals surface area contributed by atoms with Crippen molar-refractivity contribution in [3.63, 3.8) is 0 Å². The summed E-state index contributed by atoms with van der Waals surface area (Å²) < 4.78 is 16.4. The molecule has 37 heavy (non-hydrogen) atoms. The second kappa shape index (κ2) is 14.1. The zero-order chi connectivity index (χ0) is 26.6. The number of hydrogen-bond acceptors (Lipinski definition) is 5. The molecule has 3 aromatic carbocycles. The topological polar surface area (TPSA) is 77.1 Å². The quantitative estimate of drug-likeness (QED) is 0.344. The van der Waals surface area contributed by atoms with Gasteiger partial charge < -0.3 is 24.4 Å². The van der Waals surface area contributed by atoms with Crippen molar-refractivity contribution < 1.29 is 23.8 Å². The van der Waals surface area contributed by atoms with Crippen LogP contribution in [0.25, 0.3) is 0 Å². The molecule has 0 aliphatic carbocycles. The van der Waals surface area contributed by atoms with Crippen LogP contribution in [-0.4, -0.2) is 50.1 Å². The number of methoxy groups -OCH3 is 2. The molecule has 1 atom stereocenters. The minimum Gasteiger partial charge on any atom is -0.496 e. The summed E-state index contributed by atoms with van der Waals surface area (Å²) in [4.78, 5) is 28.6. The molecule has 7 nitrogen and oxygen atoms in total. The fourth-order valence-electron chi connectivity index (χ4n) is 3.82. The maximum absolute atomic E-state index is 13.7. The maximum Gasteiger partial charge on any atom is 0.261 e. The largest absolute Gasteiger partial charge is 0.496 e. The SMILES string of the molecule is CCCNC(=O)[C@@H](Cc1ccccc1)N(Cc1ccccc1Cl)C(=O)COc1cc(OC)cc(OC)c1. The molecule has 0 aromatic heterocycles. The van der Waals surface area contributed by atoms with Gasteiger partial charge in [-0.2, -0.15) is 0 Å². The van der Waals surface area contributed by atoms with E-state index in [-0.39, 0.29) is 25.0 Å². The molecule has 1 N–H and O–H groups in total. The number of ether oxygens (including phenoxy) is 3. The monoisotopic (exact) mass is 524 g/mol. The third kappa shape index (κ3) is 8.15. The number of nitrogens with one attached hydrogen (secondary N) is 1. The second-order valence-corrected chi connectivity index (χ2v) is 8.85. The Labute approximate surface area is 223 Å². The van der Waals surface area contributed by atoms with Crippen LogP contribution < -0.4 is 19.5 Å². The Morgan fingerprint density at radius 1 is 0.919 bits per heavy atom. The van der Waals surface area contributed by atoms with Gasteiger partial charge in [0.15, 0.2) is 6.61 Å². The highest BCUT2D eigenvalue weighted by Crippen LogP contribution is 2.28. The lowest BCUT2D eigenvalue weighted by atomic mass is 10.0. The molecular weight excluding hydrogens is 492 g/mol. The van der Waals surface area contributed by atoms with E-state index in [9.17, 15) is 9.59 Å². The van der Waals surface area contributed by atoms with Gasteiger partial charge in [-0.1, -0.05) is 67.1 Å². The summed E-state index contributed by atoms with van der Waals surface area (Å²) >= 11 is 6.44. The van der Waals surface area contributed by atoms with E-state index < -0.39 is 6.04 Å². The molecule has 0 bridgehead atoms. The zero-order valence-corrected chi connectivity index (χ0v) is 22.2. The molecule has 0 spiro atoms. The number of halogens is 1. The van der Waals surface area contributed by atoms with Crippen molar-refractivity contribution in [3.05, 3.63) is 88.9 Å². The van der Waals surface area contributed by atoms with Crippen molar-refractivity contribution in [2.75, 3.05) is 27.4 Å².